The lowest BCUT2D eigenvalue weighted by Gasteiger charge is -2.26. The van der Waals surface area contributed by atoms with Crippen LogP contribution in [0.5, 0.6) is 0 Å². The summed E-state index contributed by atoms with van der Waals surface area (Å²) in [6, 6.07) is 4.40. The molecule has 4 heteroatoms. The first kappa shape index (κ1) is 13.7. The first-order valence-corrected chi connectivity index (χ1v) is 6.78. The monoisotopic (exact) mass is 262 g/mol. The SMILES string of the molecule is Cc1cc2c(cc1C)N(CCC(=O)O)CCCN2C. The summed E-state index contributed by atoms with van der Waals surface area (Å²) in [6.45, 7) is 6.75. The molecule has 1 aromatic rings. The summed E-state index contributed by atoms with van der Waals surface area (Å²) in [4.78, 5) is 15.3. The van der Waals surface area contributed by atoms with Crippen molar-refractivity contribution in [3.8, 4) is 0 Å². The van der Waals surface area contributed by atoms with Gasteiger partial charge < -0.3 is 14.9 Å². The normalized spacial score (nSPS) is 15.1. The largest absolute Gasteiger partial charge is 0.481 e. The molecule has 0 radical (unpaired) electrons. The lowest BCUT2D eigenvalue weighted by molar-refractivity contribution is -0.136. The Labute approximate surface area is 114 Å². The van der Waals surface area contributed by atoms with E-state index in [1.54, 1.807) is 0 Å². The third-order valence-electron chi connectivity index (χ3n) is 3.86. The van der Waals surface area contributed by atoms with Gasteiger partial charge in [0.2, 0.25) is 0 Å². The van der Waals surface area contributed by atoms with Crippen LogP contribution in [0.15, 0.2) is 12.1 Å². The summed E-state index contributed by atoms with van der Waals surface area (Å²) >= 11 is 0. The zero-order chi connectivity index (χ0) is 14.0. The van der Waals surface area contributed by atoms with Crippen molar-refractivity contribution in [3.05, 3.63) is 23.3 Å². The molecule has 2 rings (SSSR count). The fraction of sp³-hybridized carbons (Fsp3) is 0.533. The van der Waals surface area contributed by atoms with Crippen LogP contribution in [0.3, 0.4) is 0 Å². The zero-order valence-corrected chi connectivity index (χ0v) is 11.9. The highest BCUT2D eigenvalue weighted by molar-refractivity contribution is 5.75. The summed E-state index contributed by atoms with van der Waals surface area (Å²) < 4.78 is 0. The molecule has 0 aromatic heterocycles. The van der Waals surface area contributed by atoms with Crippen LogP contribution in [0.2, 0.25) is 0 Å². The summed E-state index contributed by atoms with van der Waals surface area (Å²) in [7, 11) is 2.11. The number of aryl methyl sites for hydroxylation is 2. The highest BCUT2D eigenvalue weighted by atomic mass is 16.4. The van der Waals surface area contributed by atoms with E-state index in [-0.39, 0.29) is 6.42 Å². The van der Waals surface area contributed by atoms with Crippen LogP contribution >= 0.6 is 0 Å². The Morgan fingerprint density at radius 1 is 1.21 bits per heavy atom. The van der Waals surface area contributed by atoms with Crippen molar-refractivity contribution in [1.82, 2.24) is 0 Å². The van der Waals surface area contributed by atoms with Crippen molar-refractivity contribution in [2.75, 3.05) is 36.5 Å². The smallest absolute Gasteiger partial charge is 0.305 e. The summed E-state index contributed by atoms with van der Waals surface area (Å²) in [5.41, 5.74) is 4.93. The van der Waals surface area contributed by atoms with E-state index >= 15 is 0 Å². The molecule has 19 heavy (non-hydrogen) atoms. The maximum absolute atomic E-state index is 10.8. The van der Waals surface area contributed by atoms with Crippen LogP contribution in [-0.4, -0.2) is 37.8 Å². The number of rotatable bonds is 3. The number of hydrogen-bond donors (Lipinski definition) is 1. The van der Waals surface area contributed by atoms with E-state index in [9.17, 15) is 4.79 Å². The van der Waals surface area contributed by atoms with Gasteiger partial charge in [0, 0.05) is 26.7 Å². The highest BCUT2D eigenvalue weighted by Gasteiger charge is 2.19. The van der Waals surface area contributed by atoms with E-state index in [1.165, 1.54) is 22.5 Å². The molecule has 0 amide bonds. The van der Waals surface area contributed by atoms with Gasteiger partial charge in [0.25, 0.3) is 0 Å². The molecular weight excluding hydrogens is 240 g/mol. The predicted octanol–water partition coefficient (Wildman–Crippen LogP) is 2.42. The van der Waals surface area contributed by atoms with Crippen LogP contribution in [-0.2, 0) is 4.79 Å². The Bertz CT molecular complexity index is 485. The minimum Gasteiger partial charge on any atom is -0.481 e. The molecule has 1 aliphatic rings. The van der Waals surface area contributed by atoms with Gasteiger partial charge in [0.1, 0.15) is 0 Å². The van der Waals surface area contributed by atoms with E-state index in [0.29, 0.717) is 6.54 Å². The second-order valence-corrected chi connectivity index (χ2v) is 5.33. The lowest BCUT2D eigenvalue weighted by Crippen LogP contribution is -2.26. The van der Waals surface area contributed by atoms with Gasteiger partial charge >= 0.3 is 5.97 Å². The van der Waals surface area contributed by atoms with E-state index in [2.05, 4.69) is 42.8 Å². The highest BCUT2D eigenvalue weighted by Crippen LogP contribution is 2.34. The number of anilines is 2. The maximum atomic E-state index is 10.8. The van der Waals surface area contributed by atoms with Gasteiger partial charge in [-0.25, -0.2) is 0 Å². The topological polar surface area (TPSA) is 43.8 Å². The Kier molecular flexibility index (Phi) is 3.98. The molecule has 0 saturated heterocycles. The Morgan fingerprint density at radius 3 is 2.47 bits per heavy atom. The lowest BCUT2D eigenvalue weighted by atomic mass is 10.1. The minimum absolute atomic E-state index is 0.191. The van der Waals surface area contributed by atoms with Crippen molar-refractivity contribution in [2.45, 2.75) is 26.7 Å². The number of carbonyl (C=O) groups is 1. The van der Waals surface area contributed by atoms with Crippen molar-refractivity contribution in [1.29, 1.82) is 0 Å². The molecule has 1 heterocycles. The van der Waals surface area contributed by atoms with E-state index in [0.717, 1.165) is 19.5 Å². The van der Waals surface area contributed by atoms with Crippen LogP contribution in [0.4, 0.5) is 11.4 Å². The van der Waals surface area contributed by atoms with Crippen LogP contribution in [0.25, 0.3) is 0 Å². The maximum Gasteiger partial charge on any atom is 0.305 e. The third-order valence-corrected chi connectivity index (χ3v) is 3.86. The molecule has 4 nitrogen and oxygen atoms in total. The third kappa shape index (κ3) is 3.00. The van der Waals surface area contributed by atoms with Crippen LogP contribution < -0.4 is 9.80 Å². The van der Waals surface area contributed by atoms with Gasteiger partial charge in [-0.1, -0.05) is 0 Å². The van der Waals surface area contributed by atoms with Gasteiger partial charge in [-0.2, -0.15) is 0 Å². The van der Waals surface area contributed by atoms with Gasteiger partial charge in [0.15, 0.2) is 0 Å². The summed E-state index contributed by atoms with van der Waals surface area (Å²) in [6.07, 6.45) is 1.25. The zero-order valence-electron chi connectivity index (χ0n) is 11.9. The van der Waals surface area contributed by atoms with Crippen molar-refractivity contribution in [2.24, 2.45) is 0 Å². The average molecular weight is 262 g/mol. The molecule has 1 aliphatic heterocycles. The molecular formula is C15H22N2O2. The molecule has 1 aromatic carbocycles. The Balaban J connectivity index is 2.35. The molecule has 1 N–H and O–H groups in total. The van der Waals surface area contributed by atoms with Crippen molar-refractivity contribution >= 4 is 17.3 Å². The molecule has 104 valence electrons. The Hall–Kier alpha value is -1.71. The molecule has 0 saturated carbocycles. The number of nitrogens with zero attached hydrogens (tertiary/aromatic N) is 2. The van der Waals surface area contributed by atoms with Crippen LogP contribution in [0, 0.1) is 13.8 Å². The number of benzene rings is 1. The molecule has 0 atom stereocenters. The number of hydrogen-bond acceptors (Lipinski definition) is 3. The number of fused-ring (bicyclic) bond motifs is 1. The molecule has 0 aliphatic carbocycles. The fourth-order valence-electron chi connectivity index (χ4n) is 2.55. The first-order valence-electron chi connectivity index (χ1n) is 6.78. The number of carboxylic acids is 1. The quantitative estimate of drug-likeness (QED) is 0.908. The first-order chi connectivity index (χ1) is 8.99. The Morgan fingerprint density at radius 2 is 1.84 bits per heavy atom. The summed E-state index contributed by atoms with van der Waals surface area (Å²) in [5.74, 6) is -0.733. The molecule has 0 spiro atoms. The second kappa shape index (κ2) is 5.51. The predicted molar refractivity (Wildman–Crippen MR) is 78.3 cm³/mol. The fourth-order valence-corrected chi connectivity index (χ4v) is 2.55. The van der Waals surface area contributed by atoms with Gasteiger partial charge in [-0.15, -0.1) is 0 Å². The van der Waals surface area contributed by atoms with Crippen LogP contribution in [0.1, 0.15) is 24.0 Å². The molecule has 0 unspecified atom stereocenters. The van der Waals surface area contributed by atoms with Gasteiger partial charge in [-0.3, -0.25) is 4.79 Å². The average Bonchev–Trinajstić information content (AvgIpc) is 2.49. The number of carboxylic acid groups (broad SMARTS) is 1. The standard InChI is InChI=1S/C15H22N2O2/c1-11-9-13-14(10-12(11)2)17(8-5-15(18)19)7-4-6-16(13)3/h9-10H,4-8H2,1-3H3,(H,18,19). The molecule has 0 fully saturated rings. The second-order valence-electron chi connectivity index (χ2n) is 5.33. The minimum atomic E-state index is -0.733. The van der Waals surface area contributed by atoms with Crippen molar-refractivity contribution < 1.29 is 9.90 Å². The molecule has 0 bridgehead atoms. The van der Waals surface area contributed by atoms with Crippen molar-refractivity contribution in [3.63, 3.8) is 0 Å². The number of aliphatic carboxylic acids is 1. The van der Waals surface area contributed by atoms with E-state index < -0.39 is 5.97 Å². The van der Waals surface area contributed by atoms with Gasteiger partial charge in [0.05, 0.1) is 17.8 Å². The van der Waals surface area contributed by atoms with Gasteiger partial charge in [-0.05, 0) is 43.5 Å². The summed E-state index contributed by atoms with van der Waals surface area (Å²) in [5, 5.41) is 8.88. The van der Waals surface area contributed by atoms with E-state index in [1.807, 2.05) is 0 Å². The van der Waals surface area contributed by atoms with E-state index in [4.69, 9.17) is 5.11 Å².